The van der Waals surface area contributed by atoms with Crippen LogP contribution in [0.5, 0.6) is 5.75 Å². The Labute approximate surface area is 226 Å². The molecular weight excluding hydrogens is 443 g/mol. The van der Waals surface area contributed by atoms with E-state index in [1.807, 2.05) is 12.1 Å². The molecule has 0 N–H and O–H groups in total. The van der Waals surface area contributed by atoms with Crippen molar-refractivity contribution >= 4 is 10.1 Å². The molecule has 0 heterocycles. The Hall–Kier alpha value is -0.0700. The fourth-order valence-corrected chi connectivity index (χ4v) is 4.89. The van der Waals surface area contributed by atoms with E-state index in [9.17, 15) is 13.0 Å². The molecule has 0 aliphatic carbocycles. The van der Waals surface area contributed by atoms with Crippen LogP contribution in [0.2, 0.25) is 0 Å². The van der Waals surface area contributed by atoms with Gasteiger partial charge in [-0.05, 0) is 49.3 Å². The summed E-state index contributed by atoms with van der Waals surface area (Å²) >= 11 is 0. The summed E-state index contributed by atoms with van der Waals surface area (Å²) in [6.45, 7) is 6.15. The quantitative estimate of drug-likeness (QED) is 0.148. The monoisotopic (exact) mass is 490 g/mol. The van der Waals surface area contributed by atoms with Crippen LogP contribution in [0.4, 0.5) is 0 Å². The van der Waals surface area contributed by atoms with E-state index in [-0.39, 0.29) is 36.0 Å². The Balaban J connectivity index is 0.0000102. The molecule has 0 amide bonds. The Morgan fingerprint density at radius 1 is 0.758 bits per heavy atom. The third-order valence-corrected chi connectivity index (χ3v) is 7.30. The van der Waals surface area contributed by atoms with Gasteiger partial charge in [-0.1, -0.05) is 110 Å². The molecule has 1 aromatic carbocycles. The van der Waals surface area contributed by atoms with E-state index >= 15 is 0 Å². The standard InChI is InChI=1S/C27H48O4S.Na/c1-4-7-9-11-13-15-17-20-24-21-19-23-26(31-27(6-3)32(28,29)30)25(24)22-18-16-14-12-10-8-5-2;/h19,21,23,27H,4-18,20,22H2,1-3H3,(H,28,29,30);/q;+1/p-1. The van der Waals surface area contributed by atoms with Gasteiger partial charge < -0.3 is 9.29 Å². The number of hydrogen-bond donors (Lipinski definition) is 0. The predicted molar refractivity (Wildman–Crippen MR) is 134 cm³/mol. The zero-order valence-electron chi connectivity index (χ0n) is 21.9. The SMILES string of the molecule is CCCCCCCCCc1cccc(OC(CC)S(=O)(=O)[O-])c1CCCCCCCCC.[Na+]. The van der Waals surface area contributed by atoms with Crippen LogP contribution in [0, 0.1) is 0 Å². The van der Waals surface area contributed by atoms with E-state index in [4.69, 9.17) is 4.74 Å². The first-order valence-corrected chi connectivity index (χ1v) is 14.6. The molecule has 0 bridgehead atoms. The minimum atomic E-state index is -4.49. The topological polar surface area (TPSA) is 66.4 Å². The first-order chi connectivity index (χ1) is 15.4. The molecule has 1 atom stereocenters. The fraction of sp³-hybridized carbons (Fsp3) is 0.778. The van der Waals surface area contributed by atoms with Crippen LogP contribution in [0.1, 0.15) is 128 Å². The van der Waals surface area contributed by atoms with Gasteiger partial charge in [0.1, 0.15) is 15.9 Å². The molecule has 1 unspecified atom stereocenters. The van der Waals surface area contributed by atoms with E-state index in [1.54, 1.807) is 6.92 Å². The van der Waals surface area contributed by atoms with Crippen LogP contribution in [-0.4, -0.2) is 18.4 Å². The summed E-state index contributed by atoms with van der Waals surface area (Å²) < 4.78 is 40.5. The number of unbranched alkanes of at least 4 members (excludes halogenated alkanes) is 12. The summed E-state index contributed by atoms with van der Waals surface area (Å²) in [4.78, 5) is 0. The molecule has 33 heavy (non-hydrogen) atoms. The first kappa shape index (κ1) is 32.9. The number of ether oxygens (including phenoxy) is 1. The minimum Gasteiger partial charge on any atom is -0.745 e. The molecule has 0 radical (unpaired) electrons. The summed E-state index contributed by atoms with van der Waals surface area (Å²) in [5.74, 6) is 0.586. The van der Waals surface area contributed by atoms with Crippen LogP contribution in [0.3, 0.4) is 0 Å². The van der Waals surface area contributed by atoms with Gasteiger partial charge >= 0.3 is 29.6 Å². The van der Waals surface area contributed by atoms with Gasteiger partial charge in [-0.3, -0.25) is 0 Å². The molecule has 1 aromatic rings. The van der Waals surface area contributed by atoms with Gasteiger partial charge in [-0.25, -0.2) is 8.42 Å². The van der Waals surface area contributed by atoms with Crippen LogP contribution in [0.25, 0.3) is 0 Å². The summed E-state index contributed by atoms with van der Waals surface area (Å²) in [6.07, 6.45) is 19.5. The zero-order valence-corrected chi connectivity index (χ0v) is 24.7. The van der Waals surface area contributed by atoms with E-state index < -0.39 is 15.6 Å². The summed E-state index contributed by atoms with van der Waals surface area (Å²) in [5, 5.41) is 0. The maximum absolute atomic E-state index is 11.6. The van der Waals surface area contributed by atoms with E-state index in [1.165, 1.54) is 82.6 Å². The van der Waals surface area contributed by atoms with Gasteiger partial charge in [0, 0.05) is 0 Å². The second-order valence-electron chi connectivity index (χ2n) is 9.08. The summed E-state index contributed by atoms with van der Waals surface area (Å²) in [6, 6.07) is 5.91. The molecular formula is C27H47NaO4S. The Morgan fingerprint density at radius 3 is 1.73 bits per heavy atom. The van der Waals surface area contributed by atoms with Crippen LogP contribution < -0.4 is 34.3 Å². The maximum atomic E-state index is 11.6. The molecule has 6 heteroatoms. The summed E-state index contributed by atoms with van der Waals surface area (Å²) in [7, 11) is -4.49. The largest absolute Gasteiger partial charge is 1.00 e. The minimum absolute atomic E-state index is 0. The molecule has 0 aliphatic rings. The normalized spacial score (nSPS) is 12.4. The predicted octanol–water partition coefficient (Wildman–Crippen LogP) is 4.94. The molecule has 0 fully saturated rings. The van der Waals surface area contributed by atoms with E-state index in [0.717, 1.165) is 31.2 Å². The van der Waals surface area contributed by atoms with E-state index in [2.05, 4.69) is 19.9 Å². The van der Waals surface area contributed by atoms with Gasteiger partial charge in [0.25, 0.3) is 0 Å². The van der Waals surface area contributed by atoms with Crippen molar-refractivity contribution in [2.45, 2.75) is 135 Å². The number of benzene rings is 1. The van der Waals surface area contributed by atoms with Crippen molar-refractivity contribution < 1.29 is 47.3 Å². The smallest absolute Gasteiger partial charge is 0.745 e. The fourth-order valence-electron chi connectivity index (χ4n) is 4.26. The maximum Gasteiger partial charge on any atom is 1.00 e. The first-order valence-electron chi connectivity index (χ1n) is 13.2. The number of hydrogen-bond acceptors (Lipinski definition) is 4. The average Bonchev–Trinajstić information content (AvgIpc) is 2.76. The third kappa shape index (κ3) is 14.8. The Bertz CT molecular complexity index is 706. The third-order valence-electron chi connectivity index (χ3n) is 6.22. The molecule has 0 aromatic heterocycles. The number of rotatable bonds is 20. The molecule has 4 nitrogen and oxygen atoms in total. The van der Waals surface area contributed by atoms with Crippen molar-refractivity contribution in [2.24, 2.45) is 0 Å². The second-order valence-corrected chi connectivity index (χ2v) is 10.6. The van der Waals surface area contributed by atoms with Gasteiger partial charge in [0.05, 0.1) is 0 Å². The van der Waals surface area contributed by atoms with Gasteiger partial charge in [0.2, 0.25) is 0 Å². The van der Waals surface area contributed by atoms with Gasteiger partial charge in [-0.2, -0.15) is 0 Å². The van der Waals surface area contributed by atoms with E-state index in [0.29, 0.717) is 5.75 Å². The van der Waals surface area contributed by atoms with Crippen molar-refractivity contribution in [1.82, 2.24) is 0 Å². The second kappa shape index (κ2) is 20.2. The van der Waals surface area contributed by atoms with Crippen LogP contribution >= 0.6 is 0 Å². The molecule has 0 saturated carbocycles. The summed E-state index contributed by atoms with van der Waals surface area (Å²) in [5.41, 5.74) is 1.04. The van der Waals surface area contributed by atoms with Crippen LogP contribution in [0.15, 0.2) is 18.2 Å². The molecule has 0 spiro atoms. The van der Waals surface area contributed by atoms with Crippen molar-refractivity contribution in [3.63, 3.8) is 0 Å². The average molecular weight is 491 g/mol. The van der Waals surface area contributed by atoms with Gasteiger partial charge in [-0.15, -0.1) is 0 Å². The van der Waals surface area contributed by atoms with Crippen molar-refractivity contribution in [3.8, 4) is 5.75 Å². The Morgan fingerprint density at radius 2 is 1.24 bits per heavy atom. The molecule has 1 rings (SSSR count). The zero-order chi connectivity index (χ0) is 23.7. The van der Waals surface area contributed by atoms with Crippen LogP contribution in [-0.2, 0) is 23.0 Å². The molecule has 186 valence electrons. The number of aryl methyl sites for hydroxylation is 1. The molecule has 0 aliphatic heterocycles. The Kier molecular flexibility index (Phi) is 20.1. The van der Waals surface area contributed by atoms with Gasteiger partial charge in [0.15, 0.2) is 5.44 Å². The van der Waals surface area contributed by atoms with Crippen molar-refractivity contribution in [3.05, 3.63) is 29.3 Å². The van der Waals surface area contributed by atoms with Crippen molar-refractivity contribution in [2.75, 3.05) is 0 Å². The van der Waals surface area contributed by atoms with Crippen molar-refractivity contribution in [1.29, 1.82) is 0 Å². The molecule has 0 saturated heterocycles.